The smallest absolute Gasteiger partial charge is 0.243 e. The Labute approximate surface area is 179 Å². The summed E-state index contributed by atoms with van der Waals surface area (Å²) in [6.07, 6.45) is 1.41. The maximum absolute atomic E-state index is 13.2. The Kier molecular flexibility index (Phi) is 8.71. The van der Waals surface area contributed by atoms with Gasteiger partial charge in [0.1, 0.15) is 6.04 Å². The molecule has 2 aromatic rings. The van der Waals surface area contributed by atoms with E-state index in [1.807, 2.05) is 76.2 Å². The van der Waals surface area contributed by atoms with E-state index in [2.05, 4.69) is 5.32 Å². The van der Waals surface area contributed by atoms with E-state index in [1.165, 1.54) is 0 Å². The summed E-state index contributed by atoms with van der Waals surface area (Å²) in [6, 6.07) is 15.1. The van der Waals surface area contributed by atoms with E-state index in [0.29, 0.717) is 30.8 Å². The standard InChI is InChI=1S/C24H31ClN2O2/c1-5-22(24(29)26-17(2)3)27(16-20-12-7-6-10-18(20)4)23(28)15-14-19-11-8-9-13-21(19)25/h6-13,17,22H,5,14-16H2,1-4H3,(H,26,29). The van der Waals surface area contributed by atoms with Gasteiger partial charge in [-0.3, -0.25) is 9.59 Å². The van der Waals surface area contributed by atoms with Crippen molar-refractivity contribution in [2.45, 2.75) is 65.6 Å². The average molecular weight is 415 g/mol. The topological polar surface area (TPSA) is 49.4 Å². The lowest BCUT2D eigenvalue weighted by molar-refractivity contribution is -0.141. The lowest BCUT2D eigenvalue weighted by Crippen LogP contribution is -2.50. The van der Waals surface area contributed by atoms with Crippen LogP contribution in [0.1, 0.15) is 50.3 Å². The molecule has 0 bridgehead atoms. The molecule has 0 fully saturated rings. The van der Waals surface area contributed by atoms with Gasteiger partial charge in [-0.2, -0.15) is 0 Å². The maximum atomic E-state index is 13.2. The molecule has 5 heteroatoms. The Balaban J connectivity index is 2.24. The van der Waals surface area contributed by atoms with Crippen molar-refractivity contribution >= 4 is 23.4 Å². The highest BCUT2D eigenvalue weighted by atomic mass is 35.5. The van der Waals surface area contributed by atoms with E-state index in [0.717, 1.165) is 16.7 Å². The van der Waals surface area contributed by atoms with Crippen LogP contribution in [0.25, 0.3) is 0 Å². The SMILES string of the molecule is CCC(C(=O)NC(C)C)N(Cc1ccccc1C)C(=O)CCc1ccccc1Cl. The molecule has 1 N–H and O–H groups in total. The molecule has 1 unspecified atom stereocenters. The fourth-order valence-electron chi connectivity index (χ4n) is 3.36. The van der Waals surface area contributed by atoms with Gasteiger partial charge in [-0.25, -0.2) is 0 Å². The third-order valence-corrected chi connectivity index (χ3v) is 5.35. The minimum absolute atomic E-state index is 0.0232. The maximum Gasteiger partial charge on any atom is 0.243 e. The number of halogens is 1. The van der Waals surface area contributed by atoms with E-state index < -0.39 is 6.04 Å². The highest BCUT2D eigenvalue weighted by molar-refractivity contribution is 6.31. The lowest BCUT2D eigenvalue weighted by Gasteiger charge is -2.31. The quantitative estimate of drug-likeness (QED) is 0.633. The number of benzene rings is 2. The summed E-state index contributed by atoms with van der Waals surface area (Å²) in [5.74, 6) is -0.152. The Bertz CT molecular complexity index is 835. The van der Waals surface area contributed by atoms with E-state index in [4.69, 9.17) is 11.6 Å². The van der Waals surface area contributed by atoms with Crippen molar-refractivity contribution in [1.82, 2.24) is 10.2 Å². The van der Waals surface area contributed by atoms with Crippen molar-refractivity contribution in [3.63, 3.8) is 0 Å². The third kappa shape index (κ3) is 6.60. The number of aryl methyl sites for hydroxylation is 2. The number of carbonyl (C=O) groups is 2. The summed E-state index contributed by atoms with van der Waals surface area (Å²) in [5, 5.41) is 3.62. The molecule has 2 aromatic carbocycles. The zero-order chi connectivity index (χ0) is 21.4. The second-order valence-electron chi connectivity index (χ2n) is 7.63. The monoisotopic (exact) mass is 414 g/mol. The predicted molar refractivity (Wildman–Crippen MR) is 119 cm³/mol. The molecule has 29 heavy (non-hydrogen) atoms. The van der Waals surface area contributed by atoms with Gasteiger partial charge < -0.3 is 10.2 Å². The molecule has 0 spiro atoms. The Hall–Kier alpha value is -2.33. The number of carbonyl (C=O) groups excluding carboxylic acids is 2. The second kappa shape index (κ2) is 11.0. The van der Waals surface area contributed by atoms with Crippen LogP contribution in [-0.4, -0.2) is 28.8 Å². The van der Waals surface area contributed by atoms with Crippen LogP contribution in [-0.2, 0) is 22.6 Å². The first-order valence-corrected chi connectivity index (χ1v) is 10.6. The lowest BCUT2D eigenvalue weighted by atomic mass is 10.0. The number of hydrogen-bond acceptors (Lipinski definition) is 2. The molecule has 0 radical (unpaired) electrons. The molecule has 4 nitrogen and oxygen atoms in total. The molecular weight excluding hydrogens is 384 g/mol. The third-order valence-electron chi connectivity index (χ3n) is 4.98. The van der Waals surface area contributed by atoms with Gasteiger partial charge in [0.2, 0.25) is 11.8 Å². The first kappa shape index (κ1) is 23.0. The van der Waals surface area contributed by atoms with Crippen molar-refractivity contribution in [1.29, 1.82) is 0 Å². The molecule has 2 amide bonds. The van der Waals surface area contributed by atoms with Gasteiger partial charge in [-0.1, -0.05) is 61.0 Å². The van der Waals surface area contributed by atoms with Gasteiger partial charge >= 0.3 is 0 Å². The van der Waals surface area contributed by atoms with Crippen LogP contribution >= 0.6 is 11.6 Å². The van der Waals surface area contributed by atoms with E-state index in [-0.39, 0.29) is 17.9 Å². The molecule has 0 saturated heterocycles. The minimum atomic E-state index is -0.504. The number of rotatable bonds is 9. The van der Waals surface area contributed by atoms with E-state index in [9.17, 15) is 9.59 Å². The molecule has 0 aromatic heterocycles. The molecule has 0 saturated carbocycles. The number of hydrogen-bond donors (Lipinski definition) is 1. The summed E-state index contributed by atoms with van der Waals surface area (Å²) < 4.78 is 0. The molecule has 0 heterocycles. The Morgan fingerprint density at radius 1 is 1.03 bits per heavy atom. The fraction of sp³-hybridized carbons (Fsp3) is 0.417. The summed E-state index contributed by atoms with van der Waals surface area (Å²) in [5.41, 5.74) is 3.10. The zero-order valence-corrected chi connectivity index (χ0v) is 18.5. The van der Waals surface area contributed by atoms with Crippen molar-refractivity contribution in [3.8, 4) is 0 Å². The fourth-order valence-corrected chi connectivity index (χ4v) is 3.59. The zero-order valence-electron chi connectivity index (χ0n) is 17.7. The number of nitrogens with one attached hydrogen (secondary N) is 1. The molecule has 0 aliphatic heterocycles. The van der Waals surface area contributed by atoms with Gasteiger partial charge in [0.05, 0.1) is 0 Å². The van der Waals surface area contributed by atoms with Crippen molar-refractivity contribution < 1.29 is 9.59 Å². The van der Waals surface area contributed by atoms with Crippen LogP contribution in [0, 0.1) is 6.92 Å². The largest absolute Gasteiger partial charge is 0.352 e. The van der Waals surface area contributed by atoms with Crippen LogP contribution in [0.5, 0.6) is 0 Å². The predicted octanol–water partition coefficient (Wildman–Crippen LogP) is 4.91. The molecular formula is C24H31ClN2O2. The average Bonchev–Trinajstić information content (AvgIpc) is 2.68. The normalized spacial score (nSPS) is 11.9. The highest BCUT2D eigenvalue weighted by Crippen LogP contribution is 2.20. The first-order valence-electron chi connectivity index (χ1n) is 10.2. The summed E-state index contributed by atoms with van der Waals surface area (Å²) in [4.78, 5) is 27.8. The van der Waals surface area contributed by atoms with Crippen molar-refractivity contribution in [3.05, 3.63) is 70.2 Å². The van der Waals surface area contributed by atoms with Crippen LogP contribution in [0.15, 0.2) is 48.5 Å². The van der Waals surface area contributed by atoms with Gasteiger partial charge in [-0.05, 0) is 56.4 Å². The summed E-state index contributed by atoms with van der Waals surface area (Å²) in [7, 11) is 0. The van der Waals surface area contributed by atoms with Crippen LogP contribution < -0.4 is 5.32 Å². The second-order valence-corrected chi connectivity index (χ2v) is 8.03. The Morgan fingerprint density at radius 3 is 2.24 bits per heavy atom. The minimum Gasteiger partial charge on any atom is -0.352 e. The van der Waals surface area contributed by atoms with Gasteiger partial charge in [0, 0.05) is 24.0 Å². The molecule has 156 valence electrons. The van der Waals surface area contributed by atoms with E-state index >= 15 is 0 Å². The summed E-state index contributed by atoms with van der Waals surface area (Å²) >= 11 is 6.25. The number of nitrogens with zero attached hydrogens (tertiary/aromatic N) is 1. The highest BCUT2D eigenvalue weighted by Gasteiger charge is 2.29. The molecule has 0 aliphatic rings. The molecule has 2 rings (SSSR count). The molecule has 1 atom stereocenters. The van der Waals surface area contributed by atoms with Crippen LogP contribution in [0.3, 0.4) is 0 Å². The number of amides is 2. The van der Waals surface area contributed by atoms with Gasteiger partial charge in [0.25, 0.3) is 0 Å². The molecule has 0 aliphatic carbocycles. The van der Waals surface area contributed by atoms with Crippen LogP contribution in [0.4, 0.5) is 0 Å². The van der Waals surface area contributed by atoms with Gasteiger partial charge in [-0.15, -0.1) is 0 Å². The summed E-state index contributed by atoms with van der Waals surface area (Å²) in [6.45, 7) is 8.23. The Morgan fingerprint density at radius 2 is 1.66 bits per heavy atom. The van der Waals surface area contributed by atoms with Gasteiger partial charge in [0.15, 0.2) is 0 Å². The van der Waals surface area contributed by atoms with Crippen LogP contribution in [0.2, 0.25) is 5.02 Å². The van der Waals surface area contributed by atoms with E-state index in [1.54, 1.807) is 4.90 Å². The van der Waals surface area contributed by atoms with Crippen molar-refractivity contribution in [2.24, 2.45) is 0 Å². The van der Waals surface area contributed by atoms with Crippen molar-refractivity contribution in [2.75, 3.05) is 0 Å². The first-order chi connectivity index (χ1) is 13.8.